The molecule has 0 fully saturated rings. The van der Waals surface area contributed by atoms with Gasteiger partial charge >= 0.3 is 206 Å². The first kappa shape index (κ1) is 29.1. The zero-order valence-electron chi connectivity index (χ0n) is 21.8. The van der Waals surface area contributed by atoms with Gasteiger partial charge in [-0.3, -0.25) is 0 Å². The third-order valence-electron chi connectivity index (χ3n) is 8.17. The summed E-state index contributed by atoms with van der Waals surface area (Å²) in [6, 6.07) is 22.0. The summed E-state index contributed by atoms with van der Waals surface area (Å²) in [7, 11) is 0. The molecule has 0 N–H and O–H groups in total. The molecule has 0 aliphatic heterocycles. The molecule has 4 rings (SSSR count). The molecule has 34 heavy (non-hydrogen) atoms. The molecule has 2 atom stereocenters. The first-order valence-corrected chi connectivity index (χ1v) is 22.3. The zero-order chi connectivity index (χ0) is 22.8. The third-order valence-corrected chi connectivity index (χ3v) is 34.5. The molecule has 4 heteroatoms. The van der Waals surface area contributed by atoms with Gasteiger partial charge in [0.15, 0.2) is 0 Å². The number of rotatable bonds is 9. The molecule has 2 aromatic rings. The molecule has 0 amide bonds. The normalized spacial score (nSPS) is 18.6. The van der Waals surface area contributed by atoms with Gasteiger partial charge in [0.2, 0.25) is 0 Å². The minimum absolute atomic E-state index is 0. The van der Waals surface area contributed by atoms with Gasteiger partial charge < -0.3 is 9.41 Å². The van der Waals surface area contributed by atoms with Crippen molar-refractivity contribution in [3.8, 4) is 0 Å². The standard InChI is InChI=1S/2C13H15.C4H11Si.2FH.Zr/c2*1-3-6-11-9-12-7-4-5-8-13(12)10(11)2;1-3-5-4-2;;;/h2*4-5,7-9H,3,6H2,1-2H3;5H,3-4H2,1-2H3;2*1H;/q;;;;;+2/p-2. The largest absolute Gasteiger partial charge is 1.00 e. The summed E-state index contributed by atoms with van der Waals surface area (Å²) < 4.78 is 1.61. The fraction of sp³-hybridized carbons (Fsp3) is 0.467. The van der Waals surface area contributed by atoms with E-state index < -0.39 is 26.8 Å². The van der Waals surface area contributed by atoms with E-state index in [4.69, 9.17) is 0 Å². The number of allylic oxidation sites excluding steroid dienone is 4. The maximum absolute atomic E-state index is 2.54. The average Bonchev–Trinajstić information content (AvgIpc) is 3.25. The van der Waals surface area contributed by atoms with Gasteiger partial charge in [-0.2, -0.15) is 0 Å². The number of halogens is 2. The molecule has 183 valence electrons. The van der Waals surface area contributed by atoms with E-state index in [1.807, 2.05) is 11.1 Å². The summed E-state index contributed by atoms with van der Waals surface area (Å²) in [4.78, 5) is 0. The van der Waals surface area contributed by atoms with E-state index in [1.165, 1.54) is 37.8 Å². The second-order valence-electron chi connectivity index (χ2n) is 9.85. The van der Waals surface area contributed by atoms with Gasteiger partial charge in [-0.15, -0.1) is 0 Å². The van der Waals surface area contributed by atoms with E-state index >= 15 is 0 Å². The van der Waals surface area contributed by atoms with Crippen LogP contribution in [0.2, 0.25) is 12.1 Å². The van der Waals surface area contributed by atoms with Crippen LogP contribution >= 0.6 is 0 Å². The Morgan fingerprint density at radius 3 is 1.38 bits per heavy atom. The summed E-state index contributed by atoms with van der Waals surface area (Å²) in [5.41, 5.74) is 13.6. The van der Waals surface area contributed by atoms with Crippen molar-refractivity contribution in [1.82, 2.24) is 0 Å². The van der Waals surface area contributed by atoms with E-state index in [1.54, 1.807) is 33.4 Å². The van der Waals surface area contributed by atoms with Gasteiger partial charge in [-0.05, 0) is 0 Å². The smallest absolute Gasteiger partial charge is 1.00 e. The first-order chi connectivity index (χ1) is 15.6. The SMILES string of the molecule is CCCC1=C(C)c2ccccc2[CH]1[Zr+2]([CH]1C(CCC)=C(C)c2ccccc21)[SiH](CC)CC.[F-].[F-]. The van der Waals surface area contributed by atoms with E-state index in [-0.39, 0.29) is 9.41 Å². The second kappa shape index (κ2) is 12.7. The molecule has 2 aliphatic rings. The Kier molecular flexibility index (Phi) is 10.9. The predicted octanol–water partition coefficient (Wildman–Crippen LogP) is 3.03. The molecule has 0 spiro atoms. The van der Waals surface area contributed by atoms with Crippen LogP contribution in [0, 0.1) is 0 Å². The Morgan fingerprint density at radius 1 is 0.647 bits per heavy atom. The molecular weight excluding hydrogens is 518 g/mol. The fourth-order valence-electron chi connectivity index (χ4n) is 6.70. The molecule has 0 heterocycles. The van der Waals surface area contributed by atoms with E-state index in [9.17, 15) is 0 Å². The Hall–Kier alpha value is -1.12. The van der Waals surface area contributed by atoms with Crippen molar-refractivity contribution in [2.45, 2.75) is 86.6 Å². The predicted molar refractivity (Wildman–Crippen MR) is 141 cm³/mol. The van der Waals surface area contributed by atoms with Crippen LogP contribution < -0.4 is 9.41 Å². The number of benzene rings is 2. The number of fused-ring (bicyclic) bond motifs is 2. The third kappa shape index (κ3) is 4.92. The van der Waals surface area contributed by atoms with Gasteiger partial charge in [-0.25, -0.2) is 0 Å². The minimum Gasteiger partial charge on any atom is -1.00 e. The van der Waals surface area contributed by atoms with E-state index in [0.29, 0.717) is 0 Å². The minimum atomic E-state index is -1.96. The van der Waals surface area contributed by atoms with Crippen molar-refractivity contribution >= 4 is 17.1 Å². The maximum atomic E-state index is 2.54. The van der Waals surface area contributed by atoms with Crippen molar-refractivity contribution < 1.29 is 30.3 Å². The maximum Gasteiger partial charge on any atom is -1.00 e. The molecule has 0 aromatic heterocycles. The molecule has 2 unspecified atom stereocenters. The van der Waals surface area contributed by atoms with E-state index in [2.05, 4.69) is 90.1 Å². The van der Waals surface area contributed by atoms with Crippen LogP contribution in [0.1, 0.15) is 96.7 Å². The Labute approximate surface area is 214 Å². The van der Waals surface area contributed by atoms with Gasteiger partial charge in [-0.1, -0.05) is 0 Å². The van der Waals surface area contributed by atoms with Crippen LogP contribution in [0.15, 0.2) is 59.7 Å². The second-order valence-corrected chi connectivity index (χ2v) is 28.1. The quantitative estimate of drug-likeness (QED) is 0.415. The monoisotopic (exact) mass is 557 g/mol. The van der Waals surface area contributed by atoms with E-state index in [0.717, 1.165) is 7.25 Å². The van der Waals surface area contributed by atoms with Crippen molar-refractivity contribution in [3.05, 3.63) is 81.9 Å². The van der Waals surface area contributed by atoms with Crippen LogP contribution in [-0.4, -0.2) is 5.92 Å². The molecule has 0 bridgehead atoms. The molecule has 2 aliphatic carbocycles. The van der Waals surface area contributed by atoms with Gasteiger partial charge in [0, 0.05) is 0 Å². The van der Waals surface area contributed by atoms with Crippen LogP contribution in [0.4, 0.5) is 0 Å². The fourth-order valence-corrected chi connectivity index (χ4v) is 35.1. The summed E-state index contributed by atoms with van der Waals surface area (Å²) in [6.45, 7) is 14.7. The van der Waals surface area contributed by atoms with Gasteiger partial charge in [0.05, 0.1) is 0 Å². The molecule has 2 aromatic carbocycles. The molecule has 0 saturated carbocycles. The van der Waals surface area contributed by atoms with Crippen molar-refractivity contribution in [2.24, 2.45) is 0 Å². The van der Waals surface area contributed by atoms with Crippen LogP contribution in [0.5, 0.6) is 0 Å². The molecular formula is C30H41F2SiZr. The van der Waals surface area contributed by atoms with Crippen LogP contribution in [-0.2, 0) is 20.9 Å². The van der Waals surface area contributed by atoms with Crippen LogP contribution in [0.3, 0.4) is 0 Å². The number of hydrogen-bond acceptors (Lipinski definition) is 0. The Morgan fingerprint density at radius 2 is 1.03 bits per heavy atom. The zero-order valence-corrected chi connectivity index (χ0v) is 25.5. The van der Waals surface area contributed by atoms with Crippen molar-refractivity contribution in [3.63, 3.8) is 0 Å². The summed E-state index contributed by atoms with van der Waals surface area (Å²) in [5.74, 6) is -0.784. The summed E-state index contributed by atoms with van der Waals surface area (Å²) in [5, 5.41) is 0. The summed E-state index contributed by atoms with van der Waals surface area (Å²) in [6.07, 6.45) is 5.14. The van der Waals surface area contributed by atoms with Gasteiger partial charge in [0.25, 0.3) is 0 Å². The number of hydrogen-bond donors (Lipinski definition) is 0. The van der Waals surface area contributed by atoms with Crippen molar-refractivity contribution in [1.29, 1.82) is 0 Å². The Bertz CT molecular complexity index is 960. The average molecular weight is 559 g/mol. The molecule has 0 radical (unpaired) electrons. The Balaban J connectivity index is 0.00000204. The summed E-state index contributed by atoms with van der Waals surface area (Å²) >= 11 is -1.96. The topological polar surface area (TPSA) is 0 Å². The van der Waals surface area contributed by atoms with Gasteiger partial charge in [0.1, 0.15) is 0 Å². The van der Waals surface area contributed by atoms with Crippen LogP contribution in [0.25, 0.3) is 11.1 Å². The van der Waals surface area contributed by atoms with Crippen molar-refractivity contribution in [2.75, 3.05) is 0 Å². The first-order valence-electron chi connectivity index (χ1n) is 13.0. The molecule has 0 saturated heterocycles. The molecule has 0 nitrogen and oxygen atoms in total.